The number of hydrogen-bond acceptors (Lipinski definition) is 3. The average Bonchev–Trinajstić information content (AvgIpc) is 3.15. The van der Waals surface area contributed by atoms with Crippen molar-refractivity contribution < 1.29 is 9.90 Å². The van der Waals surface area contributed by atoms with E-state index < -0.39 is 6.10 Å². The molecule has 0 aliphatic rings. The molecule has 1 amide bonds. The number of amides is 1. The summed E-state index contributed by atoms with van der Waals surface area (Å²) in [6, 6.07) is 18.8. The molecule has 1 atom stereocenters. The van der Waals surface area contributed by atoms with Crippen molar-refractivity contribution in [2.45, 2.75) is 12.5 Å². The van der Waals surface area contributed by atoms with Crippen molar-refractivity contribution >= 4 is 5.91 Å². The fraction of sp³-hybridized carbons (Fsp3) is 0.158. The van der Waals surface area contributed by atoms with Crippen molar-refractivity contribution in [1.29, 1.82) is 0 Å². The molecule has 5 nitrogen and oxygen atoms in total. The van der Waals surface area contributed by atoms with Crippen molar-refractivity contribution in [1.82, 2.24) is 15.1 Å². The van der Waals surface area contributed by atoms with Crippen LogP contribution in [0.3, 0.4) is 0 Å². The summed E-state index contributed by atoms with van der Waals surface area (Å²) in [6.45, 7) is 0.196. The van der Waals surface area contributed by atoms with E-state index in [4.69, 9.17) is 0 Å². The normalized spacial score (nSPS) is 11.9. The zero-order valence-electron chi connectivity index (χ0n) is 13.2. The number of hydrogen-bond donors (Lipinski definition) is 2. The minimum Gasteiger partial charge on any atom is -0.391 e. The van der Waals surface area contributed by atoms with Gasteiger partial charge in [0.15, 0.2) is 0 Å². The third kappa shape index (κ3) is 3.88. The fourth-order valence-electron chi connectivity index (χ4n) is 2.54. The second kappa shape index (κ2) is 7.57. The molecule has 24 heavy (non-hydrogen) atoms. The van der Waals surface area contributed by atoms with Crippen LogP contribution in [-0.2, 0) is 6.42 Å². The third-order valence-corrected chi connectivity index (χ3v) is 3.71. The van der Waals surface area contributed by atoms with E-state index in [1.165, 1.54) is 0 Å². The number of carbonyl (C=O) groups excluding carboxylic acids is 1. The Bertz CT molecular complexity index is 785. The maximum atomic E-state index is 12.5. The predicted molar refractivity (Wildman–Crippen MR) is 92.1 cm³/mol. The van der Waals surface area contributed by atoms with Crippen LogP contribution in [0.5, 0.6) is 0 Å². The van der Waals surface area contributed by atoms with E-state index in [1.807, 2.05) is 48.5 Å². The molecular formula is C19H19N3O2. The summed E-state index contributed by atoms with van der Waals surface area (Å²) in [5.41, 5.74) is 2.27. The topological polar surface area (TPSA) is 67.2 Å². The highest BCUT2D eigenvalue weighted by Gasteiger charge is 2.14. The van der Waals surface area contributed by atoms with Crippen LogP contribution in [0.2, 0.25) is 0 Å². The van der Waals surface area contributed by atoms with Gasteiger partial charge < -0.3 is 10.4 Å². The molecule has 2 N–H and O–H groups in total. The van der Waals surface area contributed by atoms with Crippen LogP contribution in [0.25, 0.3) is 5.69 Å². The van der Waals surface area contributed by atoms with Crippen molar-refractivity contribution in [3.63, 3.8) is 0 Å². The van der Waals surface area contributed by atoms with Gasteiger partial charge in [-0.3, -0.25) is 4.79 Å². The lowest BCUT2D eigenvalue weighted by Crippen LogP contribution is -2.33. The molecule has 0 aliphatic carbocycles. The lowest BCUT2D eigenvalue weighted by molar-refractivity contribution is 0.0916. The summed E-state index contributed by atoms with van der Waals surface area (Å²) in [4.78, 5) is 12.5. The molecule has 0 saturated heterocycles. The van der Waals surface area contributed by atoms with Gasteiger partial charge in [0.05, 0.1) is 17.4 Å². The van der Waals surface area contributed by atoms with Crippen LogP contribution in [0.1, 0.15) is 15.9 Å². The Kier molecular flexibility index (Phi) is 5.03. The summed E-state index contributed by atoms with van der Waals surface area (Å²) >= 11 is 0. The Labute approximate surface area is 140 Å². The quantitative estimate of drug-likeness (QED) is 0.731. The molecule has 0 saturated carbocycles. The number of carbonyl (C=O) groups is 1. The van der Waals surface area contributed by atoms with Crippen molar-refractivity contribution in [2.75, 3.05) is 6.54 Å². The fourth-order valence-corrected chi connectivity index (χ4v) is 2.54. The standard InChI is InChI=1S/C19H19N3O2/c23-16(13-15-7-2-1-3-8-15)14-20-19(24)17-9-4-5-10-18(17)22-12-6-11-21-22/h1-12,16,23H,13-14H2,(H,20,24). The third-order valence-electron chi connectivity index (χ3n) is 3.71. The van der Waals surface area contributed by atoms with Crippen LogP contribution >= 0.6 is 0 Å². The molecule has 3 aromatic rings. The second-order valence-electron chi connectivity index (χ2n) is 5.52. The van der Waals surface area contributed by atoms with Crippen LogP contribution < -0.4 is 5.32 Å². The van der Waals surface area contributed by atoms with E-state index in [2.05, 4.69) is 10.4 Å². The van der Waals surface area contributed by atoms with E-state index in [9.17, 15) is 9.90 Å². The van der Waals surface area contributed by atoms with Gasteiger partial charge in [-0.05, 0) is 23.8 Å². The Hall–Kier alpha value is -2.92. The van der Waals surface area contributed by atoms with Crippen LogP contribution in [-0.4, -0.2) is 33.4 Å². The molecule has 3 rings (SSSR count). The van der Waals surface area contributed by atoms with E-state index in [-0.39, 0.29) is 12.5 Å². The number of para-hydroxylation sites is 1. The van der Waals surface area contributed by atoms with E-state index >= 15 is 0 Å². The highest BCUT2D eigenvalue weighted by molar-refractivity contribution is 5.97. The molecule has 122 valence electrons. The summed E-state index contributed by atoms with van der Waals surface area (Å²) in [5.74, 6) is -0.229. The largest absolute Gasteiger partial charge is 0.391 e. The molecule has 0 fully saturated rings. The lowest BCUT2D eigenvalue weighted by Gasteiger charge is -2.14. The number of nitrogens with one attached hydrogen (secondary N) is 1. The number of aliphatic hydroxyl groups excluding tert-OH is 1. The first kappa shape index (κ1) is 16.0. The van der Waals surface area contributed by atoms with E-state index in [1.54, 1.807) is 29.2 Å². The summed E-state index contributed by atoms with van der Waals surface area (Å²) < 4.78 is 1.65. The van der Waals surface area contributed by atoms with Gasteiger partial charge in [-0.15, -0.1) is 0 Å². The Balaban J connectivity index is 1.64. The van der Waals surface area contributed by atoms with Gasteiger partial charge in [0.25, 0.3) is 5.91 Å². The van der Waals surface area contributed by atoms with Gasteiger partial charge in [0, 0.05) is 25.4 Å². The summed E-state index contributed by atoms with van der Waals surface area (Å²) in [7, 11) is 0. The van der Waals surface area contributed by atoms with Crippen LogP contribution in [0.4, 0.5) is 0 Å². The number of rotatable bonds is 6. The minimum absolute atomic E-state index is 0.196. The maximum absolute atomic E-state index is 12.5. The molecule has 0 radical (unpaired) electrons. The van der Waals surface area contributed by atoms with Crippen molar-refractivity contribution in [3.8, 4) is 5.69 Å². The van der Waals surface area contributed by atoms with E-state index in [0.717, 1.165) is 5.56 Å². The van der Waals surface area contributed by atoms with Gasteiger partial charge in [0.1, 0.15) is 0 Å². The Morgan fingerprint density at radius 1 is 1.08 bits per heavy atom. The Morgan fingerprint density at radius 3 is 2.58 bits per heavy atom. The number of benzene rings is 2. The summed E-state index contributed by atoms with van der Waals surface area (Å²) in [5, 5.41) is 17.1. The number of aliphatic hydroxyl groups is 1. The molecule has 1 heterocycles. The zero-order valence-corrected chi connectivity index (χ0v) is 13.2. The highest BCUT2D eigenvalue weighted by atomic mass is 16.3. The molecule has 0 aliphatic heterocycles. The van der Waals surface area contributed by atoms with Crippen molar-refractivity contribution in [3.05, 3.63) is 84.2 Å². The molecule has 2 aromatic carbocycles. The molecule has 0 bridgehead atoms. The number of nitrogens with zero attached hydrogens (tertiary/aromatic N) is 2. The van der Waals surface area contributed by atoms with Gasteiger partial charge >= 0.3 is 0 Å². The zero-order chi connectivity index (χ0) is 16.8. The second-order valence-corrected chi connectivity index (χ2v) is 5.52. The molecular weight excluding hydrogens is 302 g/mol. The predicted octanol–water partition coefficient (Wildman–Crippen LogP) is 2.21. The molecule has 1 aromatic heterocycles. The average molecular weight is 321 g/mol. The minimum atomic E-state index is -0.631. The first-order valence-corrected chi connectivity index (χ1v) is 7.83. The van der Waals surface area contributed by atoms with Crippen molar-refractivity contribution in [2.24, 2.45) is 0 Å². The van der Waals surface area contributed by atoms with Gasteiger partial charge in [0.2, 0.25) is 0 Å². The smallest absolute Gasteiger partial charge is 0.253 e. The van der Waals surface area contributed by atoms with E-state index in [0.29, 0.717) is 17.7 Å². The van der Waals surface area contributed by atoms with Gasteiger partial charge in [-0.2, -0.15) is 5.10 Å². The first-order chi connectivity index (χ1) is 11.7. The number of aromatic nitrogens is 2. The van der Waals surface area contributed by atoms with Crippen LogP contribution in [0, 0.1) is 0 Å². The van der Waals surface area contributed by atoms with Crippen LogP contribution in [0.15, 0.2) is 73.1 Å². The monoisotopic (exact) mass is 321 g/mol. The lowest BCUT2D eigenvalue weighted by atomic mass is 10.1. The SMILES string of the molecule is O=C(NCC(O)Cc1ccccc1)c1ccccc1-n1cccn1. The Morgan fingerprint density at radius 2 is 1.83 bits per heavy atom. The maximum Gasteiger partial charge on any atom is 0.253 e. The summed E-state index contributed by atoms with van der Waals surface area (Å²) in [6.07, 6.45) is 3.32. The van der Waals surface area contributed by atoms with Gasteiger partial charge in [-0.1, -0.05) is 42.5 Å². The first-order valence-electron chi connectivity index (χ1n) is 7.83. The molecule has 5 heteroatoms. The molecule has 0 spiro atoms. The van der Waals surface area contributed by atoms with Gasteiger partial charge in [-0.25, -0.2) is 4.68 Å². The molecule has 1 unspecified atom stereocenters. The highest BCUT2D eigenvalue weighted by Crippen LogP contribution is 2.13.